The van der Waals surface area contributed by atoms with Crippen molar-refractivity contribution in [3.8, 4) is 0 Å². The normalized spacial score (nSPS) is 14.7. The van der Waals surface area contributed by atoms with Crippen molar-refractivity contribution in [1.82, 2.24) is 20.2 Å². The lowest BCUT2D eigenvalue weighted by Crippen LogP contribution is -2.37. The summed E-state index contributed by atoms with van der Waals surface area (Å²) in [7, 11) is 1.96. The molecule has 0 bridgehead atoms. The average Bonchev–Trinajstić information content (AvgIpc) is 2.66. The molecule has 1 N–H and O–H groups in total. The number of hydrogen-bond acceptors (Lipinski definition) is 4. The van der Waals surface area contributed by atoms with Gasteiger partial charge >= 0.3 is 0 Å². The third kappa shape index (κ3) is 5.11. The molecule has 138 valence electrons. The number of fused-ring (bicyclic) bond motifs is 1. The predicted octanol–water partition coefficient (Wildman–Crippen LogP) is 2.71. The minimum absolute atomic E-state index is 0.0307. The molecule has 26 heavy (non-hydrogen) atoms. The van der Waals surface area contributed by atoms with E-state index in [2.05, 4.69) is 40.4 Å². The van der Waals surface area contributed by atoms with Gasteiger partial charge in [0.1, 0.15) is 0 Å². The van der Waals surface area contributed by atoms with Gasteiger partial charge in [-0.1, -0.05) is 18.2 Å². The highest BCUT2D eigenvalue weighted by molar-refractivity contribution is 5.78. The van der Waals surface area contributed by atoms with Gasteiger partial charge in [0.05, 0.1) is 18.3 Å². The van der Waals surface area contributed by atoms with E-state index in [0.29, 0.717) is 6.54 Å². The van der Waals surface area contributed by atoms with Gasteiger partial charge in [-0.25, -0.2) is 0 Å². The molecule has 0 aliphatic heterocycles. The molecule has 1 atom stereocenters. The summed E-state index contributed by atoms with van der Waals surface area (Å²) in [5.74, 6) is 0.0527. The van der Waals surface area contributed by atoms with Crippen LogP contribution < -0.4 is 5.32 Å². The van der Waals surface area contributed by atoms with Crippen molar-refractivity contribution in [2.24, 2.45) is 0 Å². The number of hydrogen-bond donors (Lipinski definition) is 1. The number of aromatic nitrogens is 2. The molecule has 1 aliphatic rings. The molecular weight excluding hydrogens is 324 g/mol. The van der Waals surface area contributed by atoms with Crippen molar-refractivity contribution < 1.29 is 4.79 Å². The van der Waals surface area contributed by atoms with E-state index < -0.39 is 0 Å². The first kappa shape index (κ1) is 18.5. The van der Waals surface area contributed by atoms with Gasteiger partial charge in [-0.3, -0.25) is 19.7 Å². The largest absolute Gasteiger partial charge is 0.348 e. The predicted molar refractivity (Wildman–Crippen MR) is 103 cm³/mol. The number of rotatable bonds is 7. The zero-order chi connectivity index (χ0) is 18.4. The number of carbonyl (C=O) groups is 1. The lowest BCUT2D eigenvalue weighted by molar-refractivity contribution is -0.122. The van der Waals surface area contributed by atoms with Crippen molar-refractivity contribution in [3.63, 3.8) is 0 Å². The Morgan fingerprint density at radius 3 is 2.81 bits per heavy atom. The van der Waals surface area contributed by atoms with Crippen LogP contribution in [-0.4, -0.2) is 40.9 Å². The molecule has 5 nitrogen and oxygen atoms in total. The Kier molecular flexibility index (Phi) is 6.34. The van der Waals surface area contributed by atoms with Crippen LogP contribution in [0.3, 0.4) is 0 Å². The minimum atomic E-state index is 0.0307. The number of benzene rings is 1. The summed E-state index contributed by atoms with van der Waals surface area (Å²) in [4.78, 5) is 22.7. The monoisotopic (exact) mass is 352 g/mol. The number of nitrogens with zero attached hydrogens (tertiary/aromatic N) is 3. The molecule has 0 spiro atoms. The van der Waals surface area contributed by atoms with Crippen molar-refractivity contribution in [2.45, 2.75) is 45.1 Å². The standard InChI is InChI=1S/C21H28N4O/c1-16(18-8-7-17-5-3-4-6-19(17)13-18)24-21(26)15-25(2)12-9-20-14-22-10-11-23-20/h7-8,10-11,13-14,16H,3-6,9,12,15H2,1-2H3,(H,24,26). The van der Waals surface area contributed by atoms with Gasteiger partial charge < -0.3 is 5.32 Å². The van der Waals surface area contributed by atoms with Crippen LogP contribution in [0.15, 0.2) is 36.8 Å². The van der Waals surface area contributed by atoms with E-state index in [1.165, 1.54) is 36.0 Å². The van der Waals surface area contributed by atoms with Crippen molar-refractivity contribution in [2.75, 3.05) is 20.1 Å². The van der Waals surface area contributed by atoms with Gasteiger partial charge in [0.15, 0.2) is 0 Å². The summed E-state index contributed by atoms with van der Waals surface area (Å²) in [5, 5.41) is 3.12. The highest BCUT2D eigenvalue weighted by atomic mass is 16.2. The van der Waals surface area contributed by atoms with Gasteiger partial charge in [0.25, 0.3) is 0 Å². The molecule has 0 fully saturated rings. The van der Waals surface area contributed by atoms with Gasteiger partial charge in [-0.15, -0.1) is 0 Å². The molecule has 1 amide bonds. The lowest BCUT2D eigenvalue weighted by atomic mass is 9.89. The molecule has 5 heteroatoms. The second-order valence-electron chi connectivity index (χ2n) is 7.21. The third-order valence-corrected chi connectivity index (χ3v) is 5.03. The molecule has 0 saturated heterocycles. The van der Waals surface area contributed by atoms with Gasteiger partial charge in [-0.2, -0.15) is 0 Å². The van der Waals surface area contributed by atoms with E-state index in [1.54, 1.807) is 18.6 Å². The van der Waals surface area contributed by atoms with Crippen LogP contribution in [0.25, 0.3) is 0 Å². The Morgan fingerprint density at radius 2 is 2.04 bits per heavy atom. The fraction of sp³-hybridized carbons (Fsp3) is 0.476. The Balaban J connectivity index is 1.48. The summed E-state index contributed by atoms with van der Waals surface area (Å²) >= 11 is 0. The Morgan fingerprint density at radius 1 is 1.23 bits per heavy atom. The molecule has 1 aromatic heterocycles. The number of nitrogens with one attached hydrogen (secondary N) is 1. The van der Waals surface area contributed by atoms with E-state index in [9.17, 15) is 4.79 Å². The minimum Gasteiger partial charge on any atom is -0.348 e. The Hall–Kier alpha value is -2.27. The van der Waals surface area contributed by atoms with Gasteiger partial charge in [0, 0.05) is 31.6 Å². The van der Waals surface area contributed by atoms with E-state index in [1.807, 2.05) is 11.9 Å². The number of aryl methyl sites for hydroxylation is 2. The molecule has 1 unspecified atom stereocenters. The number of likely N-dealkylation sites (N-methyl/N-ethyl adjacent to an activating group) is 1. The highest BCUT2D eigenvalue weighted by Crippen LogP contribution is 2.24. The first-order chi connectivity index (χ1) is 12.6. The fourth-order valence-corrected chi connectivity index (χ4v) is 3.48. The first-order valence-electron chi connectivity index (χ1n) is 9.46. The second-order valence-corrected chi connectivity index (χ2v) is 7.21. The summed E-state index contributed by atoms with van der Waals surface area (Å²) in [6, 6.07) is 6.70. The molecule has 3 rings (SSSR count). The smallest absolute Gasteiger partial charge is 0.234 e. The summed E-state index contributed by atoms with van der Waals surface area (Å²) in [6.07, 6.45) is 10.8. The molecule has 1 aromatic carbocycles. The summed E-state index contributed by atoms with van der Waals surface area (Å²) in [5.41, 5.74) is 5.07. The molecular formula is C21H28N4O. The summed E-state index contributed by atoms with van der Waals surface area (Å²) in [6.45, 7) is 3.22. The molecule has 1 heterocycles. The topological polar surface area (TPSA) is 58.1 Å². The first-order valence-corrected chi connectivity index (χ1v) is 9.46. The molecule has 1 aliphatic carbocycles. The molecule has 2 aromatic rings. The maximum absolute atomic E-state index is 12.4. The highest BCUT2D eigenvalue weighted by Gasteiger charge is 2.15. The maximum Gasteiger partial charge on any atom is 0.234 e. The van der Waals surface area contributed by atoms with Crippen LogP contribution >= 0.6 is 0 Å². The summed E-state index contributed by atoms with van der Waals surface area (Å²) < 4.78 is 0. The quantitative estimate of drug-likeness (QED) is 0.832. The van der Waals surface area contributed by atoms with E-state index in [-0.39, 0.29) is 11.9 Å². The van der Waals surface area contributed by atoms with Crippen LogP contribution in [0.4, 0.5) is 0 Å². The van der Waals surface area contributed by atoms with E-state index in [4.69, 9.17) is 0 Å². The Bertz CT molecular complexity index is 732. The zero-order valence-electron chi connectivity index (χ0n) is 15.7. The van der Waals surface area contributed by atoms with Crippen LogP contribution in [0.2, 0.25) is 0 Å². The second kappa shape index (κ2) is 8.90. The van der Waals surface area contributed by atoms with Gasteiger partial charge in [0.2, 0.25) is 5.91 Å². The maximum atomic E-state index is 12.4. The van der Waals surface area contributed by atoms with Crippen LogP contribution in [0.1, 0.15) is 48.2 Å². The SMILES string of the molecule is CC(NC(=O)CN(C)CCc1cnccn1)c1ccc2c(c1)CCCC2. The third-order valence-electron chi connectivity index (χ3n) is 5.03. The van der Waals surface area contributed by atoms with E-state index in [0.717, 1.165) is 25.1 Å². The van der Waals surface area contributed by atoms with Crippen molar-refractivity contribution in [1.29, 1.82) is 0 Å². The average molecular weight is 352 g/mol. The Labute approximate surface area is 155 Å². The molecule has 0 saturated carbocycles. The van der Waals surface area contributed by atoms with Crippen LogP contribution in [-0.2, 0) is 24.1 Å². The lowest BCUT2D eigenvalue weighted by Gasteiger charge is -2.21. The van der Waals surface area contributed by atoms with Crippen LogP contribution in [0.5, 0.6) is 0 Å². The van der Waals surface area contributed by atoms with Crippen molar-refractivity contribution in [3.05, 3.63) is 59.2 Å². The number of carbonyl (C=O) groups excluding carboxylic acids is 1. The molecule has 0 radical (unpaired) electrons. The van der Waals surface area contributed by atoms with Crippen LogP contribution in [0, 0.1) is 0 Å². The van der Waals surface area contributed by atoms with Crippen molar-refractivity contribution >= 4 is 5.91 Å². The number of amides is 1. The zero-order valence-corrected chi connectivity index (χ0v) is 15.7. The van der Waals surface area contributed by atoms with Gasteiger partial charge in [-0.05, 0) is 56.3 Å². The van der Waals surface area contributed by atoms with E-state index >= 15 is 0 Å². The fourth-order valence-electron chi connectivity index (χ4n) is 3.48.